The van der Waals surface area contributed by atoms with Gasteiger partial charge in [-0.25, -0.2) is 0 Å². The summed E-state index contributed by atoms with van der Waals surface area (Å²) < 4.78 is 0. The Morgan fingerprint density at radius 1 is 1.25 bits per heavy atom. The Balaban J connectivity index is 1.65. The summed E-state index contributed by atoms with van der Waals surface area (Å²) in [6.45, 7) is 8.66. The molecule has 2 aliphatic rings. The Hall–Kier alpha value is -0.0800. The molecule has 0 amide bonds. The maximum Gasteiger partial charge on any atom is 0.0107 e. The molecule has 70 valence electrons. The van der Waals surface area contributed by atoms with Crippen LogP contribution < -0.4 is 5.32 Å². The quantitative estimate of drug-likeness (QED) is 0.678. The summed E-state index contributed by atoms with van der Waals surface area (Å²) in [4.78, 5) is 2.60. The van der Waals surface area contributed by atoms with Gasteiger partial charge < -0.3 is 10.2 Å². The van der Waals surface area contributed by atoms with Gasteiger partial charge in [0.15, 0.2) is 0 Å². The molecule has 0 unspecified atom stereocenters. The normalized spacial score (nSPS) is 28.8. The number of hydrogen-bond donors (Lipinski definition) is 1. The third-order valence-corrected chi connectivity index (χ3v) is 3.34. The summed E-state index contributed by atoms with van der Waals surface area (Å²) in [6, 6.07) is 0. The van der Waals surface area contributed by atoms with Gasteiger partial charge in [0.2, 0.25) is 0 Å². The van der Waals surface area contributed by atoms with Gasteiger partial charge in [-0.2, -0.15) is 0 Å². The van der Waals surface area contributed by atoms with Crippen LogP contribution in [0.5, 0.6) is 0 Å². The highest BCUT2D eigenvalue weighted by Gasteiger charge is 2.36. The van der Waals surface area contributed by atoms with Gasteiger partial charge in [0, 0.05) is 26.2 Å². The second-order valence-electron chi connectivity index (χ2n) is 4.65. The van der Waals surface area contributed by atoms with E-state index in [9.17, 15) is 0 Å². The third kappa shape index (κ3) is 2.20. The molecule has 0 atom stereocenters. The monoisotopic (exact) mass is 168 g/mol. The van der Waals surface area contributed by atoms with Crippen LogP contribution in [0.4, 0.5) is 0 Å². The van der Waals surface area contributed by atoms with Gasteiger partial charge in [-0.3, -0.25) is 0 Å². The van der Waals surface area contributed by atoms with Crippen LogP contribution in [0.15, 0.2) is 0 Å². The second-order valence-corrected chi connectivity index (χ2v) is 4.65. The highest BCUT2D eigenvalue weighted by atomic mass is 15.2. The molecule has 2 rings (SSSR count). The van der Waals surface area contributed by atoms with Crippen molar-refractivity contribution in [1.29, 1.82) is 0 Å². The van der Waals surface area contributed by atoms with E-state index in [1.54, 1.807) is 0 Å². The molecular formula is C10H20N2. The average molecular weight is 168 g/mol. The largest absolute Gasteiger partial charge is 0.314 e. The first kappa shape index (κ1) is 8.52. The van der Waals surface area contributed by atoms with Crippen molar-refractivity contribution >= 4 is 0 Å². The van der Waals surface area contributed by atoms with E-state index >= 15 is 0 Å². The Bertz CT molecular complexity index is 146. The lowest BCUT2D eigenvalue weighted by Crippen LogP contribution is -2.44. The SMILES string of the molecule is CC1(CCN2CCNCC2)CC1. The zero-order chi connectivity index (χ0) is 8.44. The Kier molecular flexibility index (Phi) is 2.37. The molecule has 0 spiro atoms. The summed E-state index contributed by atoms with van der Waals surface area (Å²) in [6.07, 6.45) is 4.37. The van der Waals surface area contributed by atoms with Gasteiger partial charge >= 0.3 is 0 Å². The van der Waals surface area contributed by atoms with Crippen LogP contribution >= 0.6 is 0 Å². The van der Waals surface area contributed by atoms with Crippen molar-refractivity contribution in [2.45, 2.75) is 26.2 Å². The molecule has 12 heavy (non-hydrogen) atoms. The van der Waals surface area contributed by atoms with Crippen LogP contribution in [-0.4, -0.2) is 37.6 Å². The Labute approximate surface area is 75.3 Å². The minimum Gasteiger partial charge on any atom is -0.314 e. The first-order valence-corrected chi connectivity index (χ1v) is 5.22. The first-order valence-electron chi connectivity index (χ1n) is 5.22. The van der Waals surface area contributed by atoms with Gasteiger partial charge in [-0.15, -0.1) is 0 Å². The number of nitrogens with zero attached hydrogens (tertiary/aromatic N) is 1. The topological polar surface area (TPSA) is 15.3 Å². The van der Waals surface area contributed by atoms with Gasteiger partial charge in [0.05, 0.1) is 0 Å². The van der Waals surface area contributed by atoms with Gasteiger partial charge in [-0.05, 0) is 31.2 Å². The zero-order valence-electron chi connectivity index (χ0n) is 8.10. The summed E-state index contributed by atoms with van der Waals surface area (Å²) in [5.41, 5.74) is 0.741. The van der Waals surface area contributed by atoms with Crippen molar-refractivity contribution in [2.75, 3.05) is 32.7 Å². The molecule has 0 aromatic carbocycles. The molecule has 2 fully saturated rings. The van der Waals surface area contributed by atoms with E-state index in [0.29, 0.717) is 0 Å². The van der Waals surface area contributed by atoms with Crippen LogP contribution in [0, 0.1) is 5.41 Å². The van der Waals surface area contributed by atoms with Crippen molar-refractivity contribution in [3.63, 3.8) is 0 Å². The number of rotatable bonds is 3. The number of piperazine rings is 1. The summed E-state index contributed by atoms with van der Waals surface area (Å²) >= 11 is 0. The first-order chi connectivity index (χ1) is 5.79. The molecule has 1 aliphatic heterocycles. The summed E-state index contributed by atoms with van der Waals surface area (Å²) in [5, 5.41) is 3.39. The van der Waals surface area contributed by atoms with E-state index in [0.717, 1.165) is 5.41 Å². The molecule has 1 aliphatic carbocycles. The van der Waals surface area contributed by atoms with Crippen LogP contribution in [0.3, 0.4) is 0 Å². The minimum atomic E-state index is 0.741. The summed E-state index contributed by atoms with van der Waals surface area (Å²) in [5.74, 6) is 0. The zero-order valence-corrected chi connectivity index (χ0v) is 8.10. The molecule has 1 saturated carbocycles. The molecule has 1 N–H and O–H groups in total. The lowest BCUT2D eigenvalue weighted by atomic mass is 10.1. The molecule has 1 saturated heterocycles. The second kappa shape index (κ2) is 3.35. The van der Waals surface area contributed by atoms with Crippen LogP contribution in [0.2, 0.25) is 0 Å². The van der Waals surface area contributed by atoms with E-state index in [-0.39, 0.29) is 0 Å². The Morgan fingerprint density at radius 2 is 1.92 bits per heavy atom. The fourth-order valence-electron chi connectivity index (χ4n) is 1.83. The molecule has 0 aromatic rings. The van der Waals surface area contributed by atoms with Crippen LogP contribution in [0.1, 0.15) is 26.2 Å². The van der Waals surface area contributed by atoms with E-state index in [2.05, 4.69) is 17.1 Å². The predicted octanol–water partition coefficient (Wildman–Crippen LogP) is 1.08. The molecule has 1 heterocycles. The maximum atomic E-state index is 3.39. The van der Waals surface area contributed by atoms with Crippen molar-refractivity contribution in [1.82, 2.24) is 10.2 Å². The molecule has 2 heteroatoms. The standard InChI is InChI=1S/C10H20N2/c1-10(2-3-10)4-7-12-8-5-11-6-9-12/h11H,2-9H2,1H3. The third-order valence-electron chi connectivity index (χ3n) is 3.34. The fraction of sp³-hybridized carbons (Fsp3) is 1.00. The predicted molar refractivity (Wildman–Crippen MR) is 51.3 cm³/mol. The molecule has 2 nitrogen and oxygen atoms in total. The summed E-state index contributed by atoms with van der Waals surface area (Å²) in [7, 11) is 0. The number of hydrogen-bond acceptors (Lipinski definition) is 2. The maximum absolute atomic E-state index is 3.39. The van der Waals surface area contributed by atoms with Crippen LogP contribution in [0.25, 0.3) is 0 Å². The lowest BCUT2D eigenvalue weighted by molar-refractivity contribution is 0.223. The van der Waals surface area contributed by atoms with Gasteiger partial charge in [0.25, 0.3) is 0 Å². The lowest BCUT2D eigenvalue weighted by Gasteiger charge is -2.28. The molecular weight excluding hydrogens is 148 g/mol. The van der Waals surface area contributed by atoms with Crippen LogP contribution in [-0.2, 0) is 0 Å². The molecule has 0 radical (unpaired) electrons. The molecule has 0 aromatic heterocycles. The van der Waals surface area contributed by atoms with Crippen molar-refractivity contribution in [3.8, 4) is 0 Å². The van der Waals surface area contributed by atoms with E-state index < -0.39 is 0 Å². The van der Waals surface area contributed by atoms with Gasteiger partial charge in [-0.1, -0.05) is 6.92 Å². The van der Waals surface area contributed by atoms with E-state index in [1.165, 1.54) is 52.0 Å². The highest BCUT2D eigenvalue weighted by molar-refractivity contribution is 4.89. The van der Waals surface area contributed by atoms with E-state index in [4.69, 9.17) is 0 Å². The smallest absolute Gasteiger partial charge is 0.0107 e. The fourth-order valence-corrected chi connectivity index (χ4v) is 1.83. The van der Waals surface area contributed by atoms with Gasteiger partial charge in [0.1, 0.15) is 0 Å². The van der Waals surface area contributed by atoms with Crippen molar-refractivity contribution < 1.29 is 0 Å². The minimum absolute atomic E-state index is 0.741. The molecule has 0 bridgehead atoms. The van der Waals surface area contributed by atoms with Crippen molar-refractivity contribution in [3.05, 3.63) is 0 Å². The number of nitrogens with one attached hydrogen (secondary N) is 1. The highest BCUT2D eigenvalue weighted by Crippen LogP contribution is 2.48. The Morgan fingerprint density at radius 3 is 2.50 bits per heavy atom. The van der Waals surface area contributed by atoms with E-state index in [1.807, 2.05) is 0 Å². The van der Waals surface area contributed by atoms with Crippen molar-refractivity contribution in [2.24, 2.45) is 5.41 Å². The average Bonchev–Trinajstić information content (AvgIpc) is 2.84.